The van der Waals surface area contributed by atoms with E-state index in [0.29, 0.717) is 36.3 Å². The standard InChI is InChI=1S/C27H27FN4O2/c28-21-7-2-1-6-20(21)27(14-3-4-15-27)26(34)32-17-5-8-23(32)22-13-16-30-25(31-22)19-11-9-18(10-12-19)24(29)33/h1-2,6-7,9-13,16,23H,3-5,8,14-15,17H2,(H2,29,33)/t23-/m0/s1. The molecule has 3 aromatic rings. The highest BCUT2D eigenvalue weighted by Gasteiger charge is 2.48. The number of nitrogens with two attached hydrogens (primary N) is 1. The van der Waals surface area contributed by atoms with Gasteiger partial charge < -0.3 is 10.6 Å². The minimum Gasteiger partial charge on any atom is -0.366 e. The van der Waals surface area contributed by atoms with E-state index in [4.69, 9.17) is 10.7 Å². The average Bonchev–Trinajstić information content (AvgIpc) is 3.55. The molecule has 1 atom stereocenters. The van der Waals surface area contributed by atoms with E-state index >= 15 is 0 Å². The highest BCUT2D eigenvalue weighted by Crippen LogP contribution is 2.46. The highest BCUT2D eigenvalue weighted by atomic mass is 19.1. The molecule has 1 aromatic heterocycles. The number of benzene rings is 2. The van der Waals surface area contributed by atoms with Crippen molar-refractivity contribution in [2.45, 2.75) is 50.0 Å². The van der Waals surface area contributed by atoms with Crippen LogP contribution in [-0.2, 0) is 10.2 Å². The van der Waals surface area contributed by atoms with Crippen molar-refractivity contribution in [3.63, 3.8) is 0 Å². The van der Waals surface area contributed by atoms with E-state index in [9.17, 15) is 14.0 Å². The molecule has 2 amide bonds. The first kappa shape index (κ1) is 22.2. The fourth-order valence-corrected chi connectivity index (χ4v) is 5.50. The van der Waals surface area contributed by atoms with Crippen LogP contribution in [0.5, 0.6) is 0 Å². The lowest BCUT2D eigenvalue weighted by molar-refractivity contribution is -0.138. The van der Waals surface area contributed by atoms with Gasteiger partial charge in [-0.15, -0.1) is 0 Å². The van der Waals surface area contributed by atoms with E-state index in [1.54, 1.807) is 42.6 Å². The molecule has 2 N–H and O–H groups in total. The number of hydrogen-bond donors (Lipinski definition) is 1. The van der Waals surface area contributed by atoms with Crippen molar-refractivity contribution in [1.82, 2.24) is 14.9 Å². The Labute approximate surface area is 198 Å². The van der Waals surface area contributed by atoms with Crippen LogP contribution in [0.15, 0.2) is 60.8 Å². The zero-order chi connectivity index (χ0) is 23.7. The van der Waals surface area contributed by atoms with Gasteiger partial charge in [0.25, 0.3) is 0 Å². The van der Waals surface area contributed by atoms with Gasteiger partial charge >= 0.3 is 0 Å². The Balaban J connectivity index is 1.46. The smallest absolute Gasteiger partial charge is 0.248 e. The Bertz CT molecular complexity index is 1220. The van der Waals surface area contributed by atoms with Crippen LogP contribution in [0.25, 0.3) is 11.4 Å². The van der Waals surface area contributed by atoms with Gasteiger partial charge in [-0.25, -0.2) is 14.4 Å². The molecule has 2 heterocycles. The number of amides is 2. The summed E-state index contributed by atoms with van der Waals surface area (Å²) in [4.78, 5) is 36.5. The van der Waals surface area contributed by atoms with Crippen molar-refractivity contribution >= 4 is 11.8 Å². The number of nitrogens with zero attached hydrogens (tertiary/aromatic N) is 3. The zero-order valence-electron chi connectivity index (χ0n) is 18.9. The van der Waals surface area contributed by atoms with E-state index in [1.807, 2.05) is 17.0 Å². The van der Waals surface area contributed by atoms with Gasteiger partial charge in [0.1, 0.15) is 5.82 Å². The van der Waals surface area contributed by atoms with Crippen LogP contribution in [0.4, 0.5) is 4.39 Å². The molecule has 7 heteroatoms. The number of carbonyl (C=O) groups is 2. The lowest BCUT2D eigenvalue weighted by atomic mass is 9.77. The van der Waals surface area contributed by atoms with Crippen LogP contribution in [-0.4, -0.2) is 33.2 Å². The molecule has 0 spiro atoms. The van der Waals surface area contributed by atoms with Crippen molar-refractivity contribution < 1.29 is 14.0 Å². The lowest BCUT2D eigenvalue weighted by Gasteiger charge is -2.36. The van der Waals surface area contributed by atoms with Crippen molar-refractivity contribution in [1.29, 1.82) is 0 Å². The topological polar surface area (TPSA) is 89.2 Å². The lowest BCUT2D eigenvalue weighted by Crippen LogP contribution is -2.45. The fourth-order valence-electron chi connectivity index (χ4n) is 5.50. The van der Waals surface area contributed by atoms with E-state index < -0.39 is 11.3 Å². The maximum Gasteiger partial charge on any atom is 0.248 e. The van der Waals surface area contributed by atoms with Gasteiger partial charge in [0, 0.05) is 29.4 Å². The molecule has 0 bridgehead atoms. The van der Waals surface area contributed by atoms with Crippen molar-refractivity contribution in [3.8, 4) is 11.4 Å². The second-order valence-electron chi connectivity index (χ2n) is 9.17. The summed E-state index contributed by atoms with van der Waals surface area (Å²) < 4.78 is 14.9. The van der Waals surface area contributed by atoms with E-state index in [1.165, 1.54) is 6.07 Å². The molecular weight excluding hydrogens is 431 g/mol. The van der Waals surface area contributed by atoms with Crippen LogP contribution >= 0.6 is 0 Å². The summed E-state index contributed by atoms with van der Waals surface area (Å²) in [5.74, 6) is -0.268. The summed E-state index contributed by atoms with van der Waals surface area (Å²) in [6.07, 6.45) is 6.53. The number of rotatable bonds is 5. The van der Waals surface area contributed by atoms with E-state index in [-0.39, 0.29) is 17.8 Å². The summed E-state index contributed by atoms with van der Waals surface area (Å²) >= 11 is 0. The average molecular weight is 459 g/mol. The quantitative estimate of drug-likeness (QED) is 0.607. The summed E-state index contributed by atoms with van der Waals surface area (Å²) in [6.45, 7) is 0.631. The summed E-state index contributed by atoms with van der Waals surface area (Å²) in [6, 6.07) is 15.2. The number of halogens is 1. The highest BCUT2D eigenvalue weighted by molar-refractivity contribution is 5.93. The molecule has 2 fully saturated rings. The maximum absolute atomic E-state index is 14.9. The molecule has 2 aliphatic rings. The fraction of sp³-hybridized carbons (Fsp3) is 0.333. The molecule has 2 aromatic carbocycles. The van der Waals surface area contributed by atoms with E-state index in [2.05, 4.69) is 4.98 Å². The SMILES string of the molecule is NC(=O)c1ccc(-c2nccc([C@@H]3CCCN3C(=O)C3(c4ccccc4F)CCCC3)n2)cc1. The van der Waals surface area contributed by atoms with Gasteiger partial charge in [-0.3, -0.25) is 9.59 Å². The van der Waals surface area contributed by atoms with E-state index in [0.717, 1.165) is 36.9 Å². The number of carbonyl (C=O) groups excluding carboxylic acids is 2. The second-order valence-corrected chi connectivity index (χ2v) is 9.17. The third-order valence-corrected chi connectivity index (χ3v) is 7.22. The monoisotopic (exact) mass is 458 g/mol. The van der Waals surface area contributed by atoms with Crippen LogP contribution < -0.4 is 5.73 Å². The van der Waals surface area contributed by atoms with Crippen molar-refractivity contribution in [2.24, 2.45) is 5.73 Å². The Kier molecular flexibility index (Phi) is 5.86. The number of hydrogen-bond acceptors (Lipinski definition) is 4. The Morgan fingerprint density at radius 2 is 1.74 bits per heavy atom. The molecule has 1 aliphatic heterocycles. The van der Waals surface area contributed by atoms with Crippen LogP contribution in [0, 0.1) is 5.82 Å². The number of likely N-dealkylation sites (tertiary alicyclic amines) is 1. The number of primary amides is 1. The Morgan fingerprint density at radius 1 is 1.00 bits per heavy atom. The normalized spacial score (nSPS) is 19.3. The maximum atomic E-state index is 14.9. The first-order valence-corrected chi connectivity index (χ1v) is 11.8. The molecular formula is C27H27FN4O2. The molecule has 5 rings (SSSR count). The third-order valence-electron chi connectivity index (χ3n) is 7.22. The van der Waals surface area contributed by atoms with Gasteiger partial charge in [0.2, 0.25) is 11.8 Å². The number of aromatic nitrogens is 2. The third kappa shape index (κ3) is 3.85. The van der Waals surface area contributed by atoms with Crippen LogP contribution in [0.2, 0.25) is 0 Å². The van der Waals surface area contributed by atoms with Gasteiger partial charge in [-0.05, 0) is 49.9 Å². The molecule has 174 valence electrons. The van der Waals surface area contributed by atoms with Crippen LogP contribution in [0.3, 0.4) is 0 Å². The molecule has 1 saturated heterocycles. The largest absolute Gasteiger partial charge is 0.366 e. The van der Waals surface area contributed by atoms with Gasteiger partial charge in [0.05, 0.1) is 17.2 Å². The van der Waals surface area contributed by atoms with Crippen molar-refractivity contribution in [2.75, 3.05) is 6.54 Å². The second kappa shape index (κ2) is 8.97. The molecule has 1 aliphatic carbocycles. The minimum atomic E-state index is -0.811. The van der Waals surface area contributed by atoms with Gasteiger partial charge in [-0.1, -0.05) is 43.2 Å². The summed E-state index contributed by atoms with van der Waals surface area (Å²) in [7, 11) is 0. The predicted octanol–water partition coefficient (Wildman–Crippen LogP) is 4.56. The Morgan fingerprint density at radius 3 is 2.44 bits per heavy atom. The first-order chi connectivity index (χ1) is 16.5. The van der Waals surface area contributed by atoms with Gasteiger partial charge in [-0.2, -0.15) is 0 Å². The summed E-state index contributed by atoms with van der Waals surface area (Å²) in [5.41, 5.74) is 7.00. The molecule has 1 saturated carbocycles. The molecule has 0 radical (unpaired) electrons. The van der Waals surface area contributed by atoms with Crippen LogP contribution in [0.1, 0.15) is 66.2 Å². The summed E-state index contributed by atoms with van der Waals surface area (Å²) in [5, 5.41) is 0. The first-order valence-electron chi connectivity index (χ1n) is 11.8. The molecule has 0 unspecified atom stereocenters. The predicted molar refractivity (Wildman–Crippen MR) is 126 cm³/mol. The molecule has 6 nitrogen and oxygen atoms in total. The van der Waals surface area contributed by atoms with Gasteiger partial charge in [0.15, 0.2) is 5.82 Å². The molecule has 34 heavy (non-hydrogen) atoms. The minimum absolute atomic E-state index is 0.00331. The van der Waals surface area contributed by atoms with Crippen molar-refractivity contribution in [3.05, 3.63) is 83.4 Å². The zero-order valence-corrected chi connectivity index (χ0v) is 18.9. The Hall–Kier alpha value is -3.61.